The molecular weight excluding hydrogens is 450 g/mol. The highest BCUT2D eigenvalue weighted by atomic mass is 28.4. The van der Waals surface area contributed by atoms with E-state index < -0.39 is 35.1 Å². The maximum atomic E-state index is 9.37. The number of azide groups is 1. The fourth-order valence-electron chi connectivity index (χ4n) is 3.11. The number of ether oxygens (including phenoxy) is 2. The molecule has 0 radical (unpaired) electrons. The van der Waals surface area contributed by atoms with Crippen molar-refractivity contribution in [3.05, 3.63) is 46.3 Å². The minimum atomic E-state index is -2.17. The van der Waals surface area contributed by atoms with Gasteiger partial charge in [-0.25, -0.2) is 0 Å². The van der Waals surface area contributed by atoms with Gasteiger partial charge in [0.2, 0.25) is 0 Å². The van der Waals surface area contributed by atoms with Gasteiger partial charge < -0.3 is 18.3 Å². The summed E-state index contributed by atoms with van der Waals surface area (Å²) in [5.74, 6) is 0. The van der Waals surface area contributed by atoms with Crippen molar-refractivity contribution in [1.82, 2.24) is 0 Å². The van der Waals surface area contributed by atoms with Gasteiger partial charge in [-0.3, -0.25) is 0 Å². The van der Waals surface area contributed by atoms with Gasteiger partial charge in [-0.05, 0) is 47.4 Å². The molecule has 1 aromatic carbocycles. The summed E-state index contributed by atoms with van der Waals surface area (Å²) in [6.07, 6.45) is -1.46. The van der Waals surface area contributed by atoms with Gasteiger partial charge in [0, 0.05) is 4.91 Å². The van der Waals surface area contributed by atoms with Crippen molar-refractivity contribution in [3.63, 3.8) is 0 Å². The molecule has 1 unspecified atom stereocenters. The molecular formula is C24H43N3O4Si2. The largest absolute Gasteiger partial charge is 0.411 e. The Labute approximate surface area is 202 Å². The van der Waals surface area contributed by atoms with Crippen LogP contribution < -0.4 is 0 Å². The predicted molar refractivity (Wildman–Crippen MR) is 138 cm³/mol. The Hall–Kier alpha value is -1.20. The normalized spacial score (nSPS) is 24.5. The maximum absolute atomic E-state index is 9.37. The molecule has 1 saturated heterocycles. The smallest absolute Gasteiger partial charge is 0.195 e. The Kier molecular flexibility index (Phi) is 9.01. The second-order valence-electron chi connectivity index (χ2n) is 12.0. The molecule has 0 saturated carbocycles. The van der Waals surface area contributed by atoms with E-state index in [0.717, 1.165) is 5.56 Å². The van der Waals surface area contributed by atoms with Gasteiger partial charge in [-0.1, -0.05) is 77.0 Å². The summed E-state index contributed by atoms with van der Waals surface area (Å²) in [6.45, 7) is 22.7. The topological polar surface area (TPSA) is 85.7 Å². The van der Waals surface area contributed by atoms with Crippen LogP contribution >= 0.6 is 0 Å². The standard InChI is InChI=1S/C24H43N3O4Si2/c1-23(2,3)32(7,8)30-21-19(17-28-16-18-14-12-11-13-15-18)29-22(20(21)26-27-25)31-33(9,10)24(4,5)6/h11-15,19-22H,16-17H2,1-10H3/t19-,20+,21?,22-/m1/s1. The first-order valence-corrected chi connectivity index (χ1v) is 17.6. The molecule has 1 aliphatic rings. The van der Waals surface area contributed by atoms with Gasteiger partial charge >= 0.3 is 0 Å². The molecule has 0 aromatic heterocycles. The molecule has 0 aliphatic carbocycles. The third-order valence-corrected chi connectivity index (χ3v) is 16.2. The molecule has 9 heteroatoms. The third kappa shape index (κ3) is 7.15. The minimum absolute atomic E-state index is 0.00171. The van der Waals surface area contributed by atoms with Gasteiger partial charge in [0.15, 0.2) is 22.9 Å². The zero-order chi connectivity index (χ0) is 25.1. The van der Waals surface area contributed by atoms with E-state index in [1.54, 1.807) is 0 Å². The number of hydrogen-bond acceptors (Lipinski definition) is 5. The first-order chi connectivity index (χ1) is 15.1. The van der Waals surface area contributed by atoms with E-state index in [9.17, 15) is 5.53 Å². The molecule has 2 rings (SSSR count). The Morgan fingerprint density at radius 2 is 1.48 bits per heavy atom. The third-order valence-electron chi connectivity index (χ3n) is 7.32. The van der Waals surface area contributed by atoms with Gasteiger partial charge in [-0.15, -0.1) is 0 Å². The van der Waals surface area contributed by atoms with Crippen LogP contribution in [0.15, 0.2) is 35.4 Å². The number of benzene rings is 1. The molecule has 0 bridgehead atoms. The fourth-order valence-corrected chi connectivity index (χ4v) is 5.57. The molecule has 0 amide bonds. The highest BCUT2D eigenvalue weighted by molar-refractivity contribution is 6.74. The summed E-state index contributed by atoms with van der Waals surface area (Å²) in [7, 11) is -4.35. The lowest BCUT2D eigenvalue weighted by atomic mass is 10.1. The Balaban J connectivity index is 2.29. The van der Waals surface area contributed by atoms with Crippen molar-refractivity contribution < 1.29 is 18.3 Å². The average Bonchev–Trinajstić information content (AvgIpc) is 2.97. The van der Waals surface area contributed by atoms with Crippen LogP contribution in [-0.4, -0.2) is 47.8 Å². The lowest BCUT2D eigenvalue weighted by molar-refractivity contribution is -0.111. The van der Waals surface area contributed by atoms with Gasteiger partial charge in [-0.2, -0.15) is 0 Å². The Bertz CT molecular complexity index is 815. The number of rotatable bonds is 9. The summed E-state index contributed by atoms with van der Waals surface area (Å²) in [5.41, 5.74) is 10.5. The van der Waals surface area contributed by atoms with E-state index in [4.69, 9.17) is 18.3 Å². The molecule has 0 spiro atoms. The summed E-state index contributed by atoms with van der Waals surface area (Å²) in [5, 5.41) is 4.13. The van der Waals surface area contributed by atoms with Crippen LogP contribution in [0.1, 0.15) is 47.1 Å². The average molecular weight is 494 g/mol. The van der Waals surface area contributed by atoms with Crippen molar-refractivity contribution in [2.45, 2.75) is 109 Å². The van der Waals surface area contributed by atoms with E-state index in [1.807, 2.05) is 30.3 Å². The molecule has 7 nitrogen and oxygen atoms in total. The van der Waals surface area contributed by atoms with Gasteiger partial charge in [0.25, 0.3) is 0 Å². The van der Waals surface area contributed by atoms with Crippen LogP contribution in [0.25, 0.3) is 10.4 Å². The Morgan fingerprint density at radius 1 is 0.939 bits per heavy atom. The van der Waals surface area contributed by atoms with E-state index in [2.05, 4.69) is 77.8 Å². The molecule has 1 heterocycles. The SMILES string of the molecule is CC(C)(C)[Si](C)(C)OC1[C@@H](COCc2ccccc2)O[C@H](O[Si](C)(C)C(C)(C)C)[C@H]1N=[N+]=[N-]. The van der Waals surface area contributed by atoms with Crippen LogP contribution in [0.2, 0.25) is 36.3 Å². The maximum Gasteiger partial charge on any atom is 0.195 e. The predicted octanol–water partition coefficient (Wildman–Crippen LogP) is 7.02. The first kappa shape index (κ1) is 28.0. The highest BCUT2D eigenvalue weighted by Gasteiger charge is 2.52. The van der Waals surface area contributed by atoms with E-state index in [1.165, 1.54) is 0 Å². The molecule has 4 atom stereocenters. The van der Waals surface area contributed by atoms with E-state index in [0.29, 0.717) is 13.2 Å². The first-order valence-electron chi connectivity index (χ1n) is 11.8. The van der Waals surface area contributed by atoms with Crippen LogP contribution in [0.5, 0.6) is 0 Å². The van der Waals surface area contributed by atoms with Crippen molar-refractivity contribution in [2.24, 2.45) is 5.11 Å². The molecule has 33 heavy (non-hydrogen) atoms. The van der Waals surface area contributed by atoms with Crippen LogP contribution in [0.3, 0.4) is 0 Å². The zero-order valence-electron chi connectivity index (χ0n) is 22.1. The monoisotopic (exact) mass is 493 g/mol. The zero-order valence-corrected chi connectivity index (χ0v) is 24.1. The van der Waals surface area contributed by atoms with Crippen LogP contribution in [0, 0.1) is 0 Å². The minimum Gasteiger partial charge on any atom is -0.411 e. The molecule has 1 fully saturated rings. The van der Waals surface area contributed by atoms with Gasteiger partial charge in [0.05, 0.1) is 19.3 Å². The summed E-state index contributed by atoms with van der Waals surface area (Å²) in [6, 6.07) is 9.48. The summed E-state index contributed by atoms with van der Waals surface area (Å²) in [4.78, 5) is 3.14. The summed E-state index contributed by atoms with van der Waals surface area (Å²) < 4.78 is 25.8. The van der Waals surface area contributed by atoms with Crippen molar-refractivity contribution in [2.75, 3.05) is 6.61 Å². The highest BCUT2D eigenvalue weighted by Crippen LogP contribution is 2.43. The molecule has 186 valence electrons. The summed E-state index contributed by atoms with van der Waals surface area (Å²) >= 11 is 0. The molecule has 1 aliphatic heterocycles. The molecule has 1 aromatic rings. The van der Waals surface area contributed by atoms with Crippen LogP contribution in [0.4, 0.5) is 0 Å². The Morgan fingerprint density at radius 3 is 2.00 bits per heavy atom. The van der Waals surface area contributed by atoms with Gasteiger partial charge in [0.1, 0.15) is 12.1 Å². The number of nitrogens with zero attached hydrogens (tertiary/aromatic N) is 3. The quantitative estimate of drug-likeness (QED) is 0.160. The van der Waals surface area contributed by atoms with E-state index in [-0.39, 0.29) is 16.2 Å². The van der Waals surface area contributed by atoms with Crippen LogP contribution in [-0.2, 0) is 24.9 Å². The molecule has 0 N–H and O–H groups in total. The number of hydrogen-bond donors (Lipinski definition) is 0. The van der Waals surface area contributed by atoms with Crippen molar-refractivity contribution in [1.29, 1.82) is 0 Å². The lowest BCUT2D eigenvalue weighted by Gasteiger charge is -2.41. The fraction of sp³-hybridized carbons (Fsp3) is 0.750. The van der Waals surface area contributed by atoms with E-state index >= 15 is 0 Å². The van der Waals surface area contributed by atoms with Crippen molar-refractivity contribution in [3.8, 4) is 0 Å². The second-order valence-corrected chi connectivity index (χ2v) is 21.5. The second kappa shape index (κ2) is 10.6. The van der Waals surface area contributed by atoms with Crippen molar-refractivity contribution >= 4 is 16.6 Å². The lowest BCUT2D eigenvalue weighted by Crippen LogP contribution is -2.51.